The topological polar surface area (TPSA) is 30.5 Å². The highest BCUT2D eigenvalue weighted by Gasteiger charge is 2.30. The van der Waals surface area contributed by atoms with Crippen molar-refractivity contribution in [2.75, 3.05) is 11.9 Å². The van der Waals surface area contributed by atoms with Gasteiger partial charge < -0.3 is 14.8 Å². The number of alkyl halides is 2. The smallest absolute Gasteiger partial charge is 0.387 e. The molecule has 0 radical (unpaired) electrons. The summed E-state index contributed by atoms with van der Waals surface area (Å²) in [7, 11) is 0. The Morgan fingerprint density at radius 3 is 2.75 bits per heavy atom. The van der Waals surface area contributed by atoms with Gasteiger partial charge in [-0.1, -0.05) is 11.6 Å². The van der Waals surface area contributed by atoms with Crippen molar-refractivity contribution < 1.29 is 18.3 Å². The summed E-state index contributed by atoms with van der Waals surface area (Å²) < 4.78 is 35.3. The van der Waals surface area contributed by atoms with Crippen LogP contribution in [-0.4, -0.2) is 25.4 Å². The quantitative estimate of drug-likeness (QED) is 0.788. The molecule has 0 aromatic heterocycles. The largest absolute Gasteiger partial charge is 0.431 e. The molecule has 0 atom stereocenters. The molecule has 112 valence electrons. The standard InChI is InChI=1S/C13H15BrClF2NO2/c1-2-19-9-5-8(6-9)18-11-4-7(15)3-10(14)12(11)20-13(16)17/h3-4,8-9,13,18H,2,5-6H2,1H3. The lowest BCUT2D eigenvalue weighted by atomic mass is 9.89. The first kappa shape index (κ1) is 15.8. The third-order valence-corrected chi connectivity index (χ3v) is 3.88. The highest BCUT2D eigenvalue weighted by molar-refractivity contribution is 9.10. The Labute approximate surface area is 129 Å². The van der Waals surface area contributed by atoms with Gasteiger partial charge in [-0.25, -0.2) is 0 Å². The van der Waals surface area contributed by atoms with Gasteiger partial charge in [-0.2, -0.15) is 8.78 Å². The summed E-state index contributed by atoms with van der Waals surface area (Å²) in [4.78, 5) is 0. The Bertz CT molecular complexity index is 470. The molecule has 2 rings (SSSR count). The third kappa shape index (κ3) is 3.96. The van der Waals surface area contributed by atoms with Crippen LogP contribution in [0.3, 0.4) is 0 Å². The molecule has 1 aliphatic carbocycles. The molecule has 1 fully saturated rings. The maximum absolute atomic E-state index is 12.5. The Morgan fingerprint density at radius 2 is 2.15 bits per heavy atom. The molecule has 0 amide bonds. The molecule has 0 saturated heterocycles. The van der Waals surface area contributed by atoms with Crippen LogP contribution >= 0.6 is 27.5 Å². The van der Waals surface area contributed by atoms with Crippen LogP contribution in [0.4, 0.5) is 14.5 Å². The van der Waals surface area contributed by atoms with Crippen molar-refractivity contribution in [1.82, 2.24) is 0 Å². The van der Waals surface area contributed by atoms with Crippen molar-refractivity contribution in [3.63, 3.8) is 0 Å². The van der Waals surface area contributed by atoms with Gasteiger partial charge in [-0.05, 0) is 47.8 Å². The van der Waals surface area contributed by atoms with Crippen LogP contribution in [0.2, 0.25) is 5.02 Å². The summed E-state index contributed by atoms with van der Waals surface area (Å²) in [6.45, 7) is -0.255. The molecule has 7 heteroatoms. The van der Waals surface area contributed by atoms with Crippen molar-refractivity contribution in [2.45, 2.75) is 38.5 Å². The highest BCUT2D eigenvalue weighted by atomic mass is 79.9. The first-order valence-corrected chi connectivity index (χ1v) is 7.48. The lowest BCUT2D eigenvalue weighted by Crippen LogP contribution is -2.40. The number of rotatable bonds is 6. The van der Waals surface area contributed by atoms with Crippen LogP contribution in [0.25, 0.3) is 0 Å². The monoisotopic (exact) mass is 369 g/mol. The number of hydrogen-bond donors (Lipinski definition) is 1. The van der Waals surface area contributed by atoms with E-state index >= 15 is 0 Å². The average molecular weight is 371 g/mol. The summed E-state index contributed by atoms with van der Waals surface area (Å²) in [5.41, 5.74) is 0.463. The fourth-order valence-electron chi connectivity index (χ4n) is 2.15. The van der Waals surface area contributed by atoms with Crippen molar-refractivity contribution in [2.24, 2.45) is 0 Å². The van der Waals surface area contributed by atoms with E-state index in [0.717, 1.165) is 12.8 Å². The highest BCUT2D eigenvalue weighted by Crippen LogP contribution is 2.39. The second kappa shape index (κ2) is 6.91. The van der Waals surface area contributed by atoms with Gasteiger partial charge in [-0.15, -0.1) is 0 Å². The van der Waals surface area contributed by atoms with Gasteiger partial charge in [0.1, 0.15) is 0 Å². The minimum atomic E-state index is -2.88. The van der Waals surface area contributed by atoms with E-state index in [4.69, 9.17) is 16.3 Å². The van der Waals surface area contributed by atoms with Gasteiger partial charge in [0.2, 0.25) is 0 Å². The molecule has 1 aliphatic rings. The van der Waals surface area contributed by atoms with E-state index in [1.165, 1.54) is 6.07 Å². The van der Waals surface area contributed by atoms with Crippen molar-refractivity contribution >= 4 is 33.2 Å². The lowest BCUT2D eigenvalue weighted by molar-refractivity contribution is -0.0500. The SMILES string of the molecule is CCOC1CC(Nc2cc(Cl)cc(Br)c2OC(F)F)C1. The van der Waals surface area contributed by atoms with Gasteiger partial charge >= 0.3 is 6.61 Å². The molecule has 3 nitrogen and oxygen atoms in total. The van der Waals surface area contributed by atoms with E-state index in [2.05, 4.69) is 26.0 Å². The molecule has 0 bridgehead atoms. The first-order valence-electron chi connectivity index (χ1n) is 6.31. The van der Waals surface area contributed by atoms with Crippen LogP contribution in [0.15, 0.2) is 16.6 Å². The van der Waals surface area contributed by atoms with E-state index in [-0.39, 0.29) is 17.9 Å². The molecule has 1 saturated carbocycles. The van der Waals surface area contributed by atoms with E-state index in [0.29, 0.717) is 21.8 Å². The van der Waals surface area contributed by atoms with Crippen LogP contribution in [0.1, 0.15) is 19.8 Å². The maximum atomic E-state index is 12.5. The van der Waals surface area contributed by atoms with Crippen molar-refractivity contribution in [1.29, 1.82) is 0 Å². The van der Waals surface area contributed by atoms with Crippen molar-refractivity contribution in [3.05, 3.63) is 21.6 Å². The van der Waals surface area contributed by atoms with Crippen LogP contribution in [0.5, 0.6) is 5.75 Å². The number of nitrogens with one attached hydrogen (secondary N) is 1. The Kier molecular flexibility index (Phi) is 5.46. The van der Waals surface area contributed by atoms with Crippen LogP contribution < -0.4 is 10.1 Å². The van der Waals surface area contributed by atoms with Gasteiger partial charge in [0.05, 0.1) is 16.3 Å². The van der Waals surface area contributed by atoms with Crippen molar-refractivity contribution in [3.8, 4) is 5.75 Å². The zero-order valence-corrected chi connectivity index (χ0v) is 13.2. The molecule has 0 aliphatic heterocycles. The van der Waals surface area contributed by atoms with Gasteiger partial charge in [0, 0.05) is 17.7 Å². The minimum Gasteiger partial charge on any atom is -0.431 e. The first-order chi connectivity index (χ1) is 9.49. The summed E-state index contributed by atoms with van der Waals surface area (Å²) in [5.74, 6) is 0.0734. The number of halogens is 4. The summed E-state index contributed by atoms with van der Waals surface area (Å²) >= 11 is 9.13. The fraction of sp³-hybridized carbons (Fsp3) is 0.538. The maximum Gasteiger partial charge on any atom is 0.387 e. The van der Waals surface area contributed by atoms with E-state index in [9.17, 15) is 8.78 Å². The van der Waals surface area contributed by atoms with E-state index < -0.39 is 6.61 Å². The zero-order chi connectivity index (χ0) is 14.7. The van der Waals surface area contributed by atoms with Crippen LogP contribution in [0, 0.1) is 0 Å². The second-order valence-electron chi connectivity index (χ2n) is 4.53. The summed E-state index contributed by atoms with van der Waals surface area (Å²) in [5, 5.41) is 3.62. The predicted octanol–water partition coefficient (Wildman–Crippen LogP) is 4.68. The average Bonchev–Trinajstić information content (AvgIpc) is 2.30. The number of anilines is 1. The van der Waals surface area contributed by atoms with E-state index in [1.54, 1.807) is 6.07 Å². The molecule has 1 aromatic rings. The summed E-state index contributed by atoms with van der Waals surface area (Å²) in [6, 6.07) is 3.28. The third-order valence-electron chi connectivity index (χ3n) is 3.07. The molecule has 0 unspecified atom stereocenters. The zero-order valence-electron chi connectivity index (χ0n) is 10.8. The molecular formula is C13H15BrClF2NO2. The summed E-state index contributed by atoms with van der Waals surface area (Å²) in [6.07, 6.45) is 1.91. The normalized spacial score (nSPS) is 21.7. The van der Waals surface area contributed by atoms with Gasteiger partial charge in [-0.3, -0.25) is 0 Å². The lowest BCUT2D eigenvalue weighted by Gasteiger charge is -2.36. The molecular weight excluding hydrogens is 356 g/mol. The molecule has 1 N–H and O–H groups in total. The Balaban J connectivity index is 2.06. The Hall–Kier alpha value is -0.590. The fourth-order valence-corrected chi connectivity index (χ4v) is 3.06. The molecule has 20 heavy (non-hydrogen) atoms. The van der Waals surface area contributed by atoms with Gasteiger partial charge in [0.15, 0.2) is 5.75 Å². The van der Waals surface area contributed by atoms with Gasteiger partial charge in [0.25, 0.3) is 0 Å². The molecule has 0 heterocycles. The van der Waals surface area contributed by atoms with Crippen LogP contribution in [-0.2, 0) is 4.74 Å². The predicted molar refractivity (Wildman–Crippen MR) is 77.8 cm³/mol. The number of benzene rings is 1. The number of hydrogen-bond acceptors (Lipinski definition) is 3. The number of ether oxygens (including phenoxy) is 2. The molecule has 0 spiro atoms. The van der Waals surface area contributed by atoms with E-state index in [1.807, 2.05) is 6.92 Å². The molecule has 1 aromatic carbocycles. The Morgan fingerprint density at radius 1 is 1.45 bits per heavy atom. The second-order valence-corrected chi connectivity index (χ2v) is 5.82. The minimum absolute atomic E-state index is 0.0734.